The van der Waals surface area contributed by atoms with Gasteiger partial charge in [-0.25, -0.2) is 0 Å². The van der Waals surface area contributed by atoms with Crippen LogP contribution in [0.2, 0.25) is 0 Å². The van der Waals surface area contributed by atoms with Gasteiger partial charge in [0, 0.05) is 15.5 Å². The summed E-state index contributed by atoms with van der Waals surface area (Å²) in [7, 11) is 0. The molecule has 0 aliphatic rings. The smallest absolute Gasteiger partial charge is 0.0925 e. The first-order valence-electron chi connectivity index (χ1n) is 5.21. The predicted octanol–water partition coefficient (Wildman–Crippen LogP) is 4.74. The molecule has 0 aliphatic carbocycles. The highest BCUT2D eigenvalue weighted by molar-refractivity contribution is 14.1. The Hall–Kier alpha value is 0.390. The normalized spacial score (nSPS) is 12.7. The van der Waals surface area contributed by atoms with E-state index >= 15 is 0 Å². The summed E-state index contributed by atoms with van der Waals surface area (Å²) < 4.78 is 7.99. The Morgan fingerprint density at radius 1 is 1.40 bits per heavy atom. The fourth-order valence-electron chi connectivity index (χ4n) is 1.32. The van der Waals surface area contributed by atoms with Crippen LogP contribution in [0.25, 0.3) is 0 Å². The summed E-state index contributed by atoms with van der Waals surface area (Å²) in [5, 5.41) is 0. The van der Waals surface area contributed by atoms with E-state index in [0.717, 1.165) is 21.9 Å². The minimum absolute atomic E-state index is 0.215. The van der Waals surface area contributed by atoms with Gasteiger partial charge in [-0.3, -0.25) is 0 Å². The van der Waals surface area contributed by atoms with Gasteiger partial charge >= 0.3 is 0 Å². The van der Waals surface area contributed by atoms with Crippen LogP contribution >= 0.6 is 38.5 Å². The first-order valence-corrected chi connectivity index (χ1v) is 7.53. The molecule has 0 amide bonds. The Labute approximate surface area is 114 Å². The maximum Gasteiger partial charge on any atom is 0.0925 e. The third-order valence-corrected chi connectivity index (χ3v) is 3.73. The minimum Gasteiger partial charge on any atom is -0.373 e. The maximum absolute atomic E-state index is 5.86. The molecule has 1 nitrogen and oxygen atoms in total. The van der Waals surface area contributed by atoms with Crippen LogP contribution in [-0.2, 0) is 4.74 Å². The summed E-state index contributed by atoms with van der Waals surface area (Å²) in [4.78, 5) is 0. The highest BCUT2D eigenvalue weighted by Gasteiger charge is 2.12. The van der Waals surface area contributed by atoms with Crippen molar-refractivity contribution in [2.45, 2.75) is 25.9 Å². The van der Waals surface area contributed by atoms with Crippen molar-refractivity contribution in [3.63, 3.8) is 0 Å². The molecule has 0 N–H and O–H groups in total. The molecule has 0 spiro atoms. The van der Waals surface area contributed by atoms with E-state index < -0.39 is 0 Å². The minimum atomic E-state index is 0.215. The summed E-state index contributed by atoms with van der Waals surface area (Å²) in [6, 6.07) is 8.28. The van der Waals surface area contributed by atoms with Crippen molar-refractivity contribution in [3.8, 4) is 0 Å². The van der Waals surface area contributed by atoms with Crippen LogP contribution < -0.4 is 0 Å². The zero-order chi connectivity index (χ0) is 11.1. The SMILES string of the molecule is CCCCOC(CI)c1ccccc1Br. The number of alkyl halides is 1. The second-order valence-electron chi connectivity index (χ2n) is 3.39. The number of hydrogen-bond donors (Lipinski definition) is 0. The Bertz CT molecular complexity index is 291. The van der Waals surface area contributed by atoms with Crippen molar-refractivity contribution in [1.29, 1.82) is 0 Å². The van der Waals surface area contributed by atoms with Crippen molar-refractivity contribution in [2.75, 3.05) is 11.0 Å². The monoisotopic (exact) mass is 382 g/mol. The van der Waals surface area contributed by atoms with Crippen molar-refractivity contribution in [2.24, 2.45) is 0 Å². The fraction of sp³-hybridized carbons (Fsp3) is 0.500. The Kier molecular flexibility index (Phi) is 6.84. The van der Waals surface area contributed by atoms with E-state index in [-0.39, 0.29) is 6.10 Å². The molecule has 1 unspecified atom stereocenters. The first-order chi connectivity index (χ1) is 7.29. The molecule has 1 atom stereocenters. The Balaban J connectivity index is 2.61. The van der Waals surface area contributed by atoms with Crippen molar-refractivity contribution in [3.05, 3.63) is 34.3 Å². The van der Waals surface area contributed by atoms with E-state index in [9.17, 15) is 0 Å². The number of unbranched alkanes of at least 4 members (excludes halogenated alkanes) is 1. The second-order valence-corrected chi connectivity index (χ2v) is 5.12. The van der Waals surface area contributed by atoms with E-state index in [2.05, 4.69) is 63.6 Å². The lowest BCUT2D eigenvalue weighted by Gasteiger charge is -2.17. The molecule has 0 heterocycles. The summed E-state index contributed by atoms with van der Waals surface area (Å²) in [5.41, 5.74) is 1.25. The number of ether oxygens (including phenoxy) is 1. The van der Waals surface area contributed by atoms with Crippen LogP contribution in [0.1, 0.15) is 31.4 Å². The molecule has 0 saturated heterocycles. The van der Waals surface area contributed by atoms with Crippen LogP contribution in [0.4, 0.5) is 0 Å². The highest BCUT2D eigenvalue weighted by atomic mass is 127. The summed E-state index contributed by atoms with van der Waals surface area (Å²) >= 11 is 5.94. The lowest BCUT2D eigenvalue weighted by molar-refractivity contribution is 0.0684. The van der Waals surface area contributed by atoms with Crippen molar-refractivity contribution < 1.29 is 4.74 Å². The zero-order valence-electron chi connectivity index (χ0n) is 8.88. The van der Waals surface area contributed by atoms with Crippen LogP contribution in [-0.4, -0.2) is 11.0 Å². The quantitative estimate of drug-likeness (QED) is 0.392. The van der Waals surface area contributed by atoms with Crippen LogP contribution in [0.5, 0.6) is 0 Å². The molecule has 0 aliphatic heterocycles. The van der Waals surface area contributed by atoms with E-state index in [1.165, 1.54) is 12.0 Å². The average Bonchev–Trinajstić information content (AvgIpc) is 2.26. The van der Waals surface area contributed by atoms with E-state index in [0.29, 0.717) is 0 Å². The molecule has 0 bridgehead atoms. The van der Waals surface area contributed by atoms with Crippen LogP contribution in [0, 0.1) is 0 Å². The lowest BCUT2D eigenvalue weighted by Crippen LogP contribution is -2.07. The number of benzene rings is 1. The van der Waals surface area contributed by atoms with Crippen LogP contribution in [0.15, 0.2) is 28.7 Å². The molecule has 1 aromatic rings. The number of rotatable bonds is 6. The van der Waals surface area contributed by atoms with Gasteiger partial charge in [0.05, 0.1) is 6.10 Å². The zero-order valence-corrected chi connectivity index (χ0v) is 12.6. The molecule has 1 rings (SSSR count). The average molecular weight is 383 g/mol. The Morgan fingerprint density at radius 2 is 2.13 bits per heavy atom. The molecule has 1 aromatic carbocycles. The van der Waals surface area contributed by atoms with E-state index in [1.807, 2.05) is 6.07 Å². The molecule has 0 fully saturated rings. The molecule has 0 radical (unpaired) electrons. The molecule has 84 valence electrons. The van der Waals surface area contributed by atoms with Crippen LogP contribution in [0.3, 0.4) is 0 Å². The third kappa shape index (κ3) is 4.41. The van der Waals surface area contributed by atoms with E-state index in [1.54, 1.807) is 0 Å². The Morgan fingerprint density at radius 3 is 2.73 bits per heavy atom. The van der Waals surface area contributed by atoms with Gasteiger partial charge in [0.2, 0.25) is 0 Å². The summed E-state index contributed by atoms with van der Waals surface area (Å²) in [5.74, 6) is 0. The van der Waals surface area contributed by atoms with Gasteiger partial charge in [0.15, 0.2) is 0 Å². The van der Waals surface area contributed by atoms with Gasteiger partial charge in [-0.15, -0.1) is 0 Å². The molecule has 15 heavy (non-hydrogen) atoms. The van der Waals surface area contributed by atoms with Crippen molar-refractivity contribution in [1.82, 2.24) is 0 Å². The highest BCUT2D eigenvalue weighted by Crippen LogP contribution is 2.27. The molecular formula is C12H16BrIO. The third-order valence-electron chi connectivity index (χ3n) is 2.21. The maximum atomic E-state index is 5.86. The van der Waals surface area contributed by atoms with Crippen molar-refractivity contribution >= 4 is 38.5 Å². The fourth-order valence-corrected chi connectivity index (χ4v) is 2.59. The van der Waals surface area contributed by atoms with Gasteiger partial charge in [-0.2, -0.15) is 0 Å². The first kappa shape index (κ1) is 13.5. The molecule has 3 heteroatoms. The topological polar surface area (TPSA) is 9.23 Å². The van der Waals surface area contributed by atoms with E-state index in [4.69, 9.17) is 4.74 Å². The van der Waals surface area contributed by atoms with Gasteiger partial charge in [0.1, 0.15) is 0 Å². The molecular weight excluding hydrogens is 367 g/mol. The predicted molar refractivity (Wildman–Crippen MR) is 76.6 cm³/mol. The van der Waals surface area contributed by atoms with Gasteiger partial charge < -0.3 is 4.74 Å². The standard InChI is InChI=1S/C12H16BrIO/c1-2-3-8-15-12(9-14)10-6-4-5-7-11(10)13/h4-7,12H,2-3,8-9H2,1H3. The van der Waals surface area contributed by atoms with Gasteiger partial charge in [-0.05, 0) is 18.1 Å². The summed E-state index contributed by atoms with van der Waals surface area (Å²) in [6.45, 7) is 3.03. The largest absolute Gasteiger partial charge is 0.373 e. The summed E-state index contributed by atoms with van der Waals surface area (Å²) in [6.07, 6.45) is 2.54. The molecule has 0 saturated carbocycles. The number of hydrogen-bond acceptors (Lipinski definition) is 1. The lowest BCUT2D eigenvalue weighted by atomic mass is 10.1. The van der Waals surface area contributed by atoms with Gasteiger partial charge in [-0.1, -0.05) is 70.1 Å². The number of halogens is 2. The van der Waals surface area contributed by atoms with Gasteiger partial charge in [0.25, 0.3) is 0 Å². The molecule has 0 aromatic heterocycles. The second kappa shape index (κ2) is 7.63.